The number of carbonyl (C=O) groups excluding carboxylic acids is 2. The Kier molecular flexibility index (Phi) is 5.74. The fourth-order valence-electron chi connectivity index (χ4n) is 6.68. The molecule has 194 valence electrons. The molecule has 3 aromatic rings. The molecule has 2 bridgehead atoms. The van der Waals surface area contributed by atoms with Gasteiger partial charge in [-0.25, -0.2) is 9.59 Å². The number of ether oxygens (including phenoxy) is 1. The van der Waals surface area contributed by atoms with Gasteiger partial charge >= 0.3 is 12.1 Å². The van der Waals surface area contributed by atoms with Gasteiger partial charge in [0.05, 0.1) is 17.0 Å². The van der Waals surface area contributed by atoms with Gasteiger partial charge in [-0.1, -0.05) is 91.0 Å². The van der Waals surface area contributed by atoms with Crippen LogP contribution in [0.4, 0.5) is 4.79 Å². The topological polar surface area (TPSA) is 87.2 Å². The average molecular weight is 511 g/mol. The molecule has 7 heteroatoms. The smallest absolute Gasteiger partial charge is 0.410 e. The van der Waals surface area contributed by atoms with Crippen LogP contribution >= 0.6 is 0 Å². The highest BCUT2D eigenvalue weighted by Gasteiger charge is 2.74. The lowest BCUT2D eigenvalue weighted by Crippen LogP contribution is -2.69. The molecule has 2 heterocycles. The van der Waals surface area contributed by atoms with E-state index >= 15 is 0 Å². The van der Waals surface area contributed by atoms with E-state index in [0.29, 0.717) is 6.42 Å². The van der Waals surface area contributed by atoms with Crippen LogP contribution < -0.4 is 0 Å². The number of nitrogens with zero attached hydrogens (tertiary/aromatic N) is 2. The van der Waals surface area contributed by atoms with Gasteiger partial charge in [-0.05, 0) is 42.4 Å². The third kappa shape index (κ3) is 3.68. The van der Waals surface area contributed by atoms with Crippen molar-refractivity contribution in [3.05, 3.63) is 108 Å². The van der Waals surface area contributed by atoms with Gasteiger partial charge in [-0.15, -0.1) is 0 Å². The molecule has 1 N–H and O–H groups in total. The summed E-state index contributed by atoms with van der Waals surface area (Å²) in [7, 11) is 0. The Morgan fingerprint density at radius 3 is 2.03 bits per heavy atom. The van der Waals surface area contributed by atoms with Gasteiger partial charge in [-0.3, -0.25) is 9.69 Å². The summed E-state index contributed by atoms with van der Waals surface area (Å²) in [5, 5.41) is 10.4. The quantitative estimate of drug-likeness (QED) is 0.529. The predicted molar refractivity (Wildman–Crippen MR) is 140 cm³/mol. The number of carboxylic acids is 1. The minimum absolute atomic E-state index is 0.115. The van der Waals surface area contributed by atoms with Crippen LogP contribution in [0.3, 0.4) is 0 Å². The Bertz CT molecular complexity index is 1320. The van der Waals surface area contributed by atoms with Crippen molar-refractivity contribution in [3.63, 3.8) is 0 Å². The second kappa shape index (κ2) is 9.01. The Hall–Kier alpha value is -4.13. The largest absolute Gasteiger partial charge is 0.480 e. The first kappa shape index (κ1) is 24.2. The first-order valence-electron chi connectivity index (χ1n) is 13.0. The highest BCUT2D eigenvalue weighted by Crippen LogP contribution is 2.62. The van der Waals surface area contributed by atoms with E-state index < -0.39 is 35.1 Å². The van der Waals surface area contributed by atoms with E-state index in [4.69, 9.17) is 4.74 Å². The molecular formula is C31H30N2O5. The molecule has 3 fully saturated rings. The van der Waals surface area contributed by atoms with Gasteiger partial charge < -0.3 is 14.7 Å². The molecule has 1 spiro atoms. The predicted octanol–water partition coefficient (Wildman–Crippen LogP) is 4.46. The Morgan fingerprint density at radius 1 is 0.921 bits per heavy atom. The standard InChI is InChI=1S/C31H30N2O5/c1-30(22-13-7-3-8-14-22,23-15-9-4-10-16-23)28(36)32-20-31-18-24(31)17-25(26(32)27(34)35)33(31)29(37)38-19-21-11-5-2-6-12-21/h2-16,24-26H,17-20H2,1H3,(H,34,35)/t24-,25-,26+,31?/m1/s1. The number of carbonyl (C=O) groups is 3. The summed E-state index contributed by atoms with van der Waals surface area (Å²) in [6.07, 6.45) is 0.785. The molecule has 38 heavy (non-hydrogen) atoms. The van der Waals surface area contributed by atoms with Crippen LogP contribution in [0.15, 0.2) is 91.0 Å². The van der Waals surface area contributed by atoms with Crippen LogP contribution in [0.1, 0.15) is 36.5 Å². The van der Waals surface area contributed by atoms with Gasteiger partial charge in [-0.2, -0.15) is 0 Å². The van der Waals surface area contributed by atoms with Crippen molar-refractivity contribution < 1.29 is 24.2 Å². The number of piperidine rings is 1. The number of amides is 2. The first-order valence-corrected chi connectivity index (χ1v) is 13.0. The highest BCUT2D eigenvalue weighted by atomic mass is 16.6. The normalized spacial score (nSPS) is 25.4. The number of fused-ring (bicyclic) bond motifs is 1. The summed E-state index contributed by atoms with van der Waals surface area (Å²) in [6, 6.07) is 26.6. The summed E-state index contributed by atoms with van der Waals surface area (Å²) in [6.45, 7) is 2.16. The van der Waals surface area contributed by atoms with Gasteiger partial charge in [0, 0.05) is 6.54 Å². The zero-order chi connectivity index (χ0) is 26.5. The summed E-state index contributed by atoms with van der Waals surface area (Å²) in [5.41, 5.74) is 0.786. The van der Waals surface area contributed by atoms with Crippen molar-refractivity contribution >= 4 is 18.0 Å². The van der Waals surface area contributed by atoms with Crippen molar-refractivity contribution in [1.29, 1.82) is 0 Å². The Labute approximate surface area is 221 Å². The molecule has 0 radical (unpaired) electrons. The number of aliphatic carboxylic acids is 1. The maximum atomic E-state index is 14.5. The lowest BCUT2D eigenvalue weighted by molar-refractivity contribution is -0.160. The number of benzene rings is 3. The maximum absolute atomic E-state index is 14.5. The van der Waals surface area contributed by atoms with E-state index in [1.165, 1.54) is 4.90 Å². The number of carboxylic acid groups (broad SMARTS) is 1. The summed E-state index contributed by atoms with van der Waals surface area (Å²) >= 11 is 0. The van der Waals surface area contributed by atoms with E-state index in [1.54, 1.807) is 4.90 Å². The molecule has 1 unspecified atom stereocenters. The highest BCUT2D eigenvalue weighted by molar-refractivity contribution is 5.95. The third-order valence-corrected chi connectivity index (χ3v) is 8.73. The second-order valence-corrected chi connectivity index (χ2v) is 10.8. The van der Waals surface area contributed by atoms with Crippen molar-refractivity contribution in [2.75, 3.05) is 6.54 Å². The van der Waals surface area contributed by atoms with Crippen molar-refractivity contribution in [2.24, 2.45) is 5.92 Å². The number of likely N-dealkylation sites (tertiary alicyclic amines) is 1. The minimum Gasteiger partial charge on any atom is -0.480 e. The van der Waals surface area contributed by atoms with Crippen LogP contribution in [0.5, 0.6) is 0 Å². The van der Waals surface area contributed by atoms with Crippen molar-refractivity contribution in [1.82, 2.24) is 9.80 Å². The summed E-state index contributed by atoms with van der Waals surface area (Å²) < 4.78 is 5.66. The molecule has 0 aromatic heterocycles. The van der Waals surface area contributed by atoms with Gasteiger partial charge in [0.15, 0.2) is 0 Å². The Morgan fingerprint density at radius 2 is 1.47 bits per heavy atom. The SMILES string of the molecule is CC(C(=O)N1CC23C[C@H]2C[C@H]([C@H]1C(=O)O)N3C(=O)OCc1ccccc1)(c1ccccc1)c1ccccc1. The number of hydrogen-bond donors (Lipinski definition) is 1. The van der Waals surface area contributed by atoms with Gasteiger partial charge in [0.1, 0.15) is 12.6 Å². The molecular weight excluding hydrogens is 480 g/mol. The Balaban J connectivity index is 1.34. The van der Waals surface area contributed by atoms with Crippen LogP contribution in [0.25, 0.3) is 0 Å². The molecule has 4 atom stereocenters. The zero-order valence-electron chi connectivity index (χ0n) is 21.2. The van der Waals surface area contributed by atoms with E-state index in [2.05, 4.69) is 0 Å². The van der Waals surface area contributed by atoms with E-state index in [-0.39, 0.29) is 25.0 Å². The number of hydrogen-bond acceptors (Lipinski definition) is 4. The fourth-order valence-corrected chi connectivity index (χ4v) is 6.68. The molecule has 2 amide bonds. The van der Waals surface area contributed by atoms with Crippen molar-refractivity contribution in [2.45, 2.75) is 49.4 Å². The van der Waals surface area contributed by atoms with Crippen LogP contribution in [-0.4, -0.2) is 57.0 Å². The maximum Gasteiger partial charge on any atom is 0.410 e. The van der Waals surface area contributed by atoms with Gasteiger partial charge in [0.2, 0.25) is 5.91 Å². The third-order valence-electron chi connectivity index (χ3n) is 8.73. The van der Waals surface area contributed by atoms with Gasteiger partial charge in [0.25, 0.3) is 0 Å². The molecule has 3 aliphatic rings. The van der Waals surface area contributed by atoms with E-state index in [9.17, 15) is 19.5 Å². The van der Waals surface area contributed by atoms with Crippen LogP contribution in [-0.2, 0) is 26.3 Å². The molecule has 2 aliphatic heterocycles. The average Bonchev–Trinajstić information content (AvgIpc) is 3.56. The molecule has 1 saturated carbocycles. The first-order chi connectivity index (χ1) is 18.4. The second-order valence-electron chi connectivity index (χ2n) is 10.8. The molecule has 2 saturated heterocycles. The fraction of sp³-hybridized carbons (Fsp3) is 0.323. The number of rotatable bonds is 6. The van der Waals surface area contributed by atoms with Crippen LogP contribution in [0, 0.1) is 5.92 Å². The molecule has 1 aliphatic carbocycles. The van der Waals surface area contributed by atoms with Crippen molar-refractivity contribution in [3.8, 4) is 0 Å². The lowest BCUT2D eigenvalue weighted by atomic mass is 9.74. The molecule has 3 aromatic carbocycles. The monoisotopic (exact) mass is 510 g/mol. The van der Waals surface area contributed by atoms with Crippen LogP contribution in [0.2, 0.25) is 0 Å². The summed E-state index contributed by atoms with van der Waals surface area (Å²) in [5.74, 6) is -1.21. The number of piperazine rings is 1. The zero-order valence-corrected chi connectivity index (χ0v) is 21.2. The lowest BCUT2D eigenvalue weighted by Gasteiger charge is -2.49. The van der Waals surface area contributed by atoms with E-state index in [0.717, 1.165) is 23.1 Å². The molecule has 7 nitrogen and oxygen atoms in total. The molecule has 6 rings (SSSR count). The summed E-state index contributed by atoms with van der Waals surface area (Å²) in [4.78, 5) is 43.8. The minimum atomic E-state index is -1.16. The van der Waals surface area contributed by atoms with E-state index in [1.807, 2.05) is 97.9 Å².